The van der Waals surface area contributed by atoms with Crippen LogP contribution < -0.4 is 0 Å². The first-order chi connectivity index (χ1) is 11.7. The Labute approximate surface area is 141 Å². The van der Waals surface area contributed by atoms with Crippen LogP contribution in [-0.2, 0) is 0 Å². The van der Waals surface area contributed by atoms with E-state index in [0.717, 1.165) is 23.2 Å². The molecule has 0 bridgehead atoms. The fourth-order valence-electron chi connectivity index (χ4n) is 2.91. The van der Waals surface area contributed by atoms with E-state index in [1.807, 2.05) is 55.7 Å². The molecule has 2 heterocycles. The van der Waals surface area contributed by atoms with E-state index < -0.39 is 0 Å². The maximum absolute atomic E-state index is 13.0. The van der Waals surface area contributed by atoms with Gasteiger partial charge in [-0.05, 0) is 18.1 Å². The van der Waals surface area contributed by atoms with Crippen LogP contribution in [0.5, 0.6) is 0 Å². The molecule has 0 aliphatic heterocycles. The van der Waals surface area contributed by atoms with E-state index in [0.29, 0.717) is 5.56 Å². The van der Waals surface area contributed by atoms with Crippen LogP contribution in [0.1, 0.15) is 35.3 Å². The Kier molecular flexibility index (Phi) is 4.70. The third-order valence-corrected chi connectivity index (χ3v) is 4.18. The molecule has 0 radical (unpaired) electrons. The van der Waals surface area contributed by atoms with Crippen molar-refractivity contribution in [2.24, 2.45) is 0 Å². The van der Waals surface area contributed by atoms with Gasteiger partial charge in [0.2, 0.25) is 0 Å². The summed E-state index contributed by atoms with van der Waals surface area (Å²) in [4.78, 5) is 18.9. The molecule has 1 aromatic carbocycles. The van der Waals surface area contributed by atoms with Gasteiger partial charge in [0.05, 0.1) is 23.5 Å². The molecule has 1 amide bonds. The first-order valence-electron chi connectivity index (χ1n) is 7.98. The normalized spacial score (nSPS) is 11.9. The lowest BCUT2D eigenvalue weighted by molar-refractivity contribution is 0.0727. The molecule has 24 heavy (non-hydrogen) atoms. The summed E-state index contributed by atoms with van der Waals surface area (Å²) >= 11 is 0. The van der Waals surface area contributed by atoms with Crippen LogP contribution in [0.2, 0.25) is 0 Å². The number of H-pyrrole nitrogens is 1. The van der Waals surface area contributed by atoms with Crippen LogP contribution >= 0.6 is 0 Å². The zero-order chi connectivity index (χ0) is 16.9. The second-order valence-electron chi connectivity index (χ2n) is 5.65. The predicted octanol–water partition coefficient (Wildman–Crippen LogP) is 3.70. The Morgan fingerprint density at radius 1 is 1.17 bits per heavy atom. The smallest absolute Gasteiger partial charge is 0.257 e. The van der Waals surface area contributed by atoms with Crippen LogP contribution in [0.25, 0.3) is 11.3 Å². The lowest BCUT2D eigenvalue weighted by atomic mass is 10.0. The molecule has 0 unspecified atom stereocenters. The van der Waals surface area contributed by atoms with Crippen molar-refractivity contribution in [2.45, 2.75) is 19.4 Å². The van der Waals surface area contributed by atoms with E-state index in [1.54, 1.807) is 17.3 Å². The number of amides is 1. The average molecular weight is 320 g/mol. The summed E-state index contributed by atoms with van der Waals surface area (Å²) in [7, 11) is 1.82. The van der Waals surface area contributed by atoms with E-state index in [-0.39, 0.29) is 11.9 Å². The Bertz CT molecular complexity index is 799. The fourth-order valence-corrected chi connectivity index (χ4v) is 2.91. The number of carbonyl (C=O) groups is 1. The van der Waals surface area contributed by atoms with Crippen molar-refractivity contribution in [3.8, 4) is 11.3 Å². The number of pyridine rings is 1. The summed E-state index contributed by atoms with van der Waals surface area (Å²) in [5.41, 5.74) is 3.29. The molecular weight excluding hydrogens is 300 g/mol. The van der Waals surface area contributed by atoms with E-state index in [1.165, 1.54) is 0 Å². The minimum atomic E-state index is -0.0571. The largest absolute Gasteiger partial charge is 0.335 e. The quantitative estimate of drug-likeness (QED) is 0.780. The Hall–Kier alpha value is -2.95. The topological polar surface area (TPSA) is 61.9 Å². The van der Waals surface area contributed by atoms with Gasteiger partial charge in [-0.1, -0.05) is 43.3 Å². The van der Waals surface area contributed by atoms with Gasteiger partial charge in [0.1, 0.15) is 0 Å². The molecular formula is C19H20N4O. The van der Waals surface area contributed by atoms with Crippen LogP contribution in [0.3, 0.4) is 0 Å². The van der Waals surface area contributed by atoms with Crippen LogP contribution in [0, 0.1) is 0 Å². The SMILES string of the molecule is CC[C@@H](c1cccnc1)N(C)C(=O)c1cn[nH]c1-c1ccccc1. The molecule has 1 atom stereocenters. The number of rotatable bonds is 5. The Balaban J connectivity index is 1.91. The molecule has 0 aliphatic carbocycles. The number of nitrogens with one attached hydrogen (secondary N) is 1. The van der Waals surface area contributed by atoms with Crippen molar-refractivity contribution < 1.29 is 4.79 Å². The Morgan fingerprint density at radius 2 is 1.96 bits per heavy atom. The number of aromatic nitrogens is 3. The van der Waals surface area contributed by atoms with Crippen LogP contribution in [0.15, 0.2) is 61.1 Å². The summed E-state index contributed by atoms with van der Waals surface area (Å²) < 4.78 is 0. The molecule has 3 aromatic rings. The van der Waals surface area contributed by atoms with Gasteiger partial charge in [-0.3, -0.25) is 14.9 Å². The second-order valence-corrected chi connectivity index (χ2v) is 5.65. The predicted molar refractivity (Wildman–Crippen MR) is 93.4 cm³/mol. The maximum Gasteiger partial charge on any atom is 0.257 e. The van der Waals surface area contributed by atoms with Gasteiger partial charge in [0.25, 0.3) is 5.91 Å². The van der Waals surface area contributed by atoms with E-state index in [2.05, 4.69) is 22.1 Å². The zero-order valence-corrected chi connectivity index (χ0v) is 13.8. The first-order valence-corrected chi connectivity index (χ1v) is 7.98. The number of hydrogen-bond acceptors (Lipinski definition) is 3. The minimum absolute atomic E-state index is 0.0234. The van der Waals surface area contributed by atoms with Crippen molar-refractivity contribution in [1.82, 2.24) is 20.1 Å². The molecule has 1 N–H and O–H groups in total. The van der Waals surface area contributed by atoms with Crippen molar-refractivity contribution >= 4 is 5.91 Å². The van der Waals surface area contributed by atoms with Gasteiger partial charge in [-0.25, -0.2) is 0 Å². The van der Waals surface area contributed by atoms with E-state index in [4.69, 9.17) is 0 Å². The molecule has 0 fully saturated rings. The lowest BCUT2D eigenvalue weighted by Gasteiger charge is -2.27. The fraction of sp³-hybridized carbons (Fsp3) is 0.211. The molecule has 0 saturated heterocycles. The molecule has 0 spiro atoms. The number of aromatic amines is 1. The Morgan fingerprint density at radius 3 is 2.62 bits per heavy atom. The van der Waals surface area contributed by atoms with Crippen LogP contribution in [-0.4, -0.2) is 33.0 Å². The van der Waals surface area contributed by atoms with Gasteiger partial charge in [0.15, 0.2) is 0 Å². The molecule has 122 valence electrons. The standard InChI is InChI=1S/C19H20N4O/c1-3-17(15-10-7-11-20-12-15)23(2)19(24)16-13-21-22-18(16)14-8-5-4-6-9-14/h4-13,17H,3H2,1-2H3,(H,21,22)/t17-/m0/s1. The van der Waals surface area contributed by atoms with Gasteiger partial charge in [-0.2, -0.15) is 5.10 Å². The molecule has 3 rings (SSSR count). The second kappa shape index (κ2) is 7.08. The first kappa shape index (κ1) is 15.9. The summed E-state index contributed by atoms with van der Waals surface area (Å²) in [5.74, 6) is -0.0571. The highest BCUT2D eigenvalue weighted by Gasteiger charge is 2.24. The molecule has 2 aromatic heterocycles. The van der Waals surface area contributed by atoms with E-state index in [9.17, 15) is 4.79 Å². The molecule has 5 heteroatoms. The average Bonchev–Trinajstić information content (AvgIpc) is 3.13. The zero-order valence-electron chi connectivity index (χ0n) is 13.8. The highest BCUT2D eigenvalue weighted by Crippen LogP contribution is 2.27. The number of nitrogens with zero attached hydrogens (tertiary/aromatic N) is 3. The summed E-state index contributed by atoms with van der Waals surface area (Å²) in [6.07, 6.45) is 5.95. The van der Waals surface area contributed by atoms with Crippen molar-refractivity contribution in [2.75, 3.05) is 7.05 Å². The van der Waals surface area contributed by atoms with Crippen LogP contribution in [0.4, 0.5) is 0 Å². The minimum Gasteiger partial charge on any atom is -0.335 e. The third-order valence-electron chi connectivity index (χ3n) is 4.18. The number of benzene rings is 1. The molecule has 5 nitrogen and oxygen atoms in total. The van der Waals surface area contributed by atoms with E-state index >= 15 is 0 Å². The maximum atomic E-state index is 13.0. The highest BCUT2D eigenvalue weighted by molar-refractivity contribution is 5.99. The summed E-state index contributed by atoms with van der Waals surface area (Å²) in [6.45, 7) is 2.06. The summed E-state index contributed by atoms with van der Waals surface area (Å²) in [6, 6.07) is 13.6. The monoisotopic (exact) mass is 320 g/mol. The summed E-state index contributed by atoms with van der Waals surface area (Å²) in [5, 5.41) is 7.02. The lowest BCUT2D eigenvalue weighted by Crippen LogP contribution is -2.31. The van der Waals surface area contributed by atoms with Gasteiger partial charge >= 0.3 is 0 Å². The van der Waals surface area contributed by atoms with Crippen molar-refractivity contribution in [1.29, 1.82) is 0 Å². The van der Waals surface area contributed by atoms with Crippen molar-refractivity contribution in [3.63, 3.8) is 0 Å². The number of carbonyl (C=O) groups excluding carboxylic acids is 1. The molecule has 0 saturated carbocycles. The third kappa shape index (κ3) is 3.06. The van der Waals surface area contributed by atoms with Crippen molar-refractivity contribution in [3.05, 3.63) is 72.2 Å². The van der Waals surface area contributed by atoms with Gasteiger partial charge < -0.3 is 4.90 Å². The van der Waals surface area contributed by atoms with Gasteiger partial charge in [-0.15, -0.1) is 0 Å². The number of hydrogen-bond donors (Lipinski definition) is 1. The molecule has 0 aliphatic rings. The van der Waals surface area contributed by atoms with Gasteiger partial charge in [0, 0.05) is 25.0 Å². The highest BCUT2D eigenvalue weighted by atomic mass is 16.2.